The molecule has 2 aromatic carbocycles. The predicted molar refractivity (Wildman–Crippen MR) is 131 cm³/mol. The highest BCUT2D eigenvalue weighted by atomic mass is 35.5. The van der Waals surface area contributed by atoms with Crippen LogP contribution in [0.25, 0.3) is 16.6 Å². The summed E-state index contributed by atoms with van der Waals surface area (Å²) in [6, 6.07) is 12.8. The molecule has 11 heteroatoms. The third-order valence-electron chi connectivity index (χ3n) is 5.20. The average Bonchev–Trinajstić information content (AvgIpc) is 3.30. The zero-order chi connectivity index (χ0) is 24.1. The van der Waals surface area contributed by atoms with Gasteiger partial charge in [-0.1, -0.05) is 41.6 Å². The number of aryl methyl sites for hydroxylation is 1. The van der Waals surface area contributed by atoms with Crippen molar-refractivity contribution in [2.45, 2.75) is 18.6 Å². The van der Waals surface area contributed by atoms with Crippen molar-refractivity contribution in [1.29, 1.82) is 0 Å². The largest absolute Gasteiger partial charge is 0.383 e. The fourth-order valence-electron chi connectivity index (χ4n) is 3.33. The SMILES string of the molecule is COCCN(Cc1nc2ccccc2c(=O)[nH]1)C(=O)CSc1nncn1-c1ccc(C)c(Cl)c1. The number of aromatic amines is 1. The van der Waals surface area contributed by atoms with Gasteiger partial charge in [0.2, 0.25) is 5.91 Å². The maximum atomic E-state index is 13.1. The molecule has 9 nitrogen and oxygen atoms in total. The van der Waals surface area contributed by atoms with Crippen molar-refractivity contribution in [1.82, 2.24) is 29.6 Å². The van der Waals surface area contributed by atoms with E-state index in [1.54, 1.807) is 41.1 Å². The molecule has 0 radical (unpaired) electrons. The zero-order valence-electron chi connectivity index (χ0n) is 18.7. The zero-order valence-corrected chi connectivity index (χ0v) is 20.3. The lowest BCUT2D eigenvalue weighted by Gasteiger charge is -2.22. The predicted octanol–water partition coefficient (Wildman–Crippen LogP) is 3.23. The van der Waals surface area contributed by atoms with Crippen molar-refractivity contribution in [3.8, 4) is 5.69 Å². The number of nitrogens with zero attached hydrogens (tertiary/aromatic N) is 5. The number of fused-ring (bicyclic) bond motifs is 1. The van der Waals surface area contributed by atoms with Gasteiger partial charge >= 0.3 is 0 Å². The van der Waals surface area contributed by atoms with Crippen LogP contribution in [0.15, 0.2) is 58.7 Å². The van der Waals surface area contributed by atoms with Gasteiger partial charge < -0.3 is 14.6 Å². The highest BCUT2D eigenvalue weighted by Gasteiger charge is 2.18. The normalized spacial score (nSPS) is 11.1. The van der Waals surface area contributed by atoms with E-state index in [0.717, 1.165) is 11.3 Å². The number of aromatic nitrogens is 5. The molecular formula is C23H23ClN6O3S. The Kier molecular flexibility index (Phi) is 7.61. The van der Waals surface area contributed by atoms with E-state index in [9.17, 15) is 9.59 Å². The summed E-state index contributed by atoms with van der Waals surface area (Å²) in [5, 5.41) is 9.84. The number of benzene rings is 2. The monoisotopic (exact) mass is 498 g/mol. The molecular weight excluding hydrogens is 476 g/mol. The number of carbonyl (C=O) groups is 1. The van der Waals surface area contributed by atoms with Gasteiger partial charge in [-0.2, -0.15) is 0 Å². The second-order valence-corrected chi connectivity index (χ2v) is 8.89. The van der Waals surface area contributed by atoms with Gasteiger partial charge in [-0.3, -0.25) is 14.2 Å². The summed E-state index contributed by atoms with van der Waals surface area (Å²) < 4.78 is 6.95. The van der Waals surface area contributed by atoms with Gasteiger partial charge in [0.1, 0.15) is 12.2 Å². The Morgan fingerprint density at radius 2 is 2.09 bits per heavy atom. The van der Waals surface area contributed by atoms with Gasteiger partial charge in [-0.05, 0) is 36.8 Å². The number of halogens is 1. The van der Waals surface area contributed by atoms with Crippen molar-refractivity contribution in [3.05, 3.63) is 75.6 Å². The van der Waals surface area contributed by atoms with Crippen molar-refractivity contribution in [3.63, 3.8) is 0 Å². The number of carbonyl (C=O) groups excluding carboxylic acids is 1. The minimum atomic E-state index is -0.237. The van der Waals surface area contributed by atoms with E-state index >= 15 is 0 Å². The summed E-state index contributed by atoms with van der Waals surface area (Å²) >= 11 is 7.53. The van der Waals surface area contributed by atoms with Crippen LogP contribution in [-0.2, 0) is 16.1 Å². The van der Waals surface area contributed by atoms with Crippen LogP contribution in [0.2, 0.25) is 5.02 Å². The van der Waals surface area contributed by atoms with Crippen LogP contribution in [-0.4, -0.2) is 61.6 Å². The third-order valence-corrected chi connectivity index (χ3v) is 6.53. The Bertz CT molecular complexity index is 1370. The summed E-state index contributed by atoms with van der Waals surface area (Å²) in [5.74, 6) is 0.393. The van der Waals surface area contributed by atoms with E-state index in [1.807, 2.05) is 31.2 Å². The molecule has 0 aliphatic carbocycles. The third kappa shape index (κ3) is 5.46. The quantitative estimate of drug-likeness (QED) is 0.353. The van der Waals surface area contributed by atoms with Crippen LogP contribution in [0.4, 0.5) is 0 Å². The summed E-state index contributed by atoms with van der Waals surface area (Å²) in [6.45, 7) is 2.79. The molecule has 1 N–H and O–H groups in total. The number of thioether (sulfide) groups is 1. The molecule has 0 spiro atoms. The number of hydrogen-bond acceptors (Lipinski definition) is 7. The molecule has 0 atom stereocenters. The molecule has 0 unspecified atom stereocenters. The molecule has 34 heavy (non-hydrogen) atoms. The Balaban J connectivity index is 1.49. The lowest BCUT2D eigenvalue weighted by molar-refractivity contribution is -0.129. The average molecular weight is 499 g/mol. The van der Waals surface area contributed by atoms with Crippen molar-refractivity contribution < 1.29 is 9.53 Å². The van der Waals surface area contributed by atoms with E-state index in [0.29, 0.717) is 40.1 Å². The maximum absolute atomic E-state index is 13.1. The van der Waals surface area contributed by atoms with E-state index < -0.39 is 0 Å². The molecule has 0 saturated carbocycles. The number of methoxy groups -OCH3 is 1. The molecule has 0 aliphatic heterocycles. The Hall–Kier alpha value is -3.21. The van der Waals surface area contributed by atoms with E-state index in [-0.39, 0.29) is 23.8 Å². The van der Waals surface area contributed by atoms with Crippen molar-refractivity contribution in [2.75, 3.05) is 26.0 Å². The van der Waals surface area contributed by atoms with Crippen LogP contribution in [0.3, 0.4) is 0 Å². The van der Waals surface area contributed by atoms with Gasteiger partial charge in [0.05, 0.1) is 35.5 Å². The molecule has 2 heterocycles. The number of H-pyrrole nitrogens is 1. The minimum absolute atomic E-state index is 0.125. The fraction of sp³-hybridized carbons (Fsp3) is 0.261. The second kappa shape index (κ2) is 10.8. The molecule has 4 rings (SSSR count). The summed E-state index contributed by atoms with van der Waals surface area (Å²) in [6.07, 6.45) is 1.58. The highest BCUT2D eigenvalue weighted by molar-refractivity contribution is 7.99. The van der Waals surface area contributed by atoms with Crippen LogP contribution in [0, 0.1) is 6.92 Å². The van der Waals surface area contributed by atoms with Gasteiger partial charge in [0, 0.05) is 18.7 Å². The first-order valence-electron chi connectivity index (χ1n) is 10.5. The molecule has 0 bridgehead atoms. The first-order valence-corrected chi connectivity index (χ1v) is 11.9. The van der Waals surface area contributed by atoms with Crippen LogP contribution < -0.4 is 5.56 Å². The van der Waals surface area contributed by atoms with Gasteiger partial charge in [0.15, 0.2) is 5.16 Å². The number of rotatable bonds is 9. The van der Waals surface area contributed by atoms with Crippen molar-refractivity contribution >= 4 is 40.2 Å². The Morgan fingerprint density at radius 1 is 1.26 bits per heavy atom. The molecule has 2 aromatic heterocycles. The highest BCUT2D eigenvalue weighted by Crippen LogP contribution is 2.24. The molecule has 176 valence electrons. The Morgan fingerprint density at radius 3 is 2.88 bits per heavy atom. The summed E-state index contributed by atoms with van der Waals surface area (Å²) in [7, 11) is 1.57. The molecule has 4 aromatic rings. The number of hydrogen-bond donors (Lipinski definition) is 1. The number of para-hydroxylation sites is 1. The van der Waals surface area contributed by atoms with Crippen molar-refractivity contribution in [2.24, 2.45) is 0 Å². The van der Waals surface area contributed by atoms with Gasteiger partial charge in [-0.25, -0.2) is 4.98 Å². The molecule has 0 saturated heterocycles. The number of amides is 1. The lowest BCUT2D eigenvalue weighted by Crippen LogP contribution is -2.36. The van der Waals surface area contributed by atoms with Crippen LogP contribution >= 0.6 is 23.4 Å². The van der Waals surface area contributed by atoms with E-state index in [1.165, 1.54) is 11.8 Å². The first-order chi connectivity index (χ1) is 16.5. The lowest BCUT2D eigenvalue weighted by atomic mass is 10.2. The van der Waals surface area contributed by atoms with Crippen LogP contribution in [0.1, 0.15) is 11.4 Å². The smallest absolute Gasteiger partial charge is 0.258 e. The second-order valence-electron chi connectivity index (χ2n) is 7.54. The van der Waals surface area contributed by atoms with E-state index in [2.05, 4.69) is 20.2 Å². The van der Waals surface area contributed by atoms with Gasteiger partial charge in [-0.15, -0.1) is 10.2 Å². The van der Waals surface area contributed by atoms with E-state index in [4.69, 9.17) is 16.3 Å². The fourth-order valence-corrected chi connectivity index (χ4v) is 4.34. The maximum Gasteiger partial charge on any atom is 0.258 e. The summed E-state index contributed by atoms with van der Waals surface area (Å²) in [4.78, 5) is 34.4. The summed E-state index contributed by atoms with van der Waals surface area (Å²) in [5.41, 5.74) is 2.13. The minimum Gasteiger partial charge on any atom is -0.383 e. The van der Waals surface area contributed by atoms with Crippen LogP contribution in [0.5, 0.6) is 0 Å². The molecule has 0 fully saturated rings. The standard InChI is InChI=1S/C23H23ClN6O3S/c1-15-7-8-16(11-18(15)24)30-14-25-28-23(30)34-13-21(31)29(9-10-33-2)12-20-26-19-6-4-3-5-17(19)22(32)27-20/h3-8,11,14H,9-10,12-13H2,1-2H3,(H,26,27,32). The topological polar surface area (TPSA) is 106 Å². The molecule has 0 aliphatic rings. The first kappa shape index (κ1) is 23.9. The Labute approximate surface area is 205 Å². The number of ether oxygens (including phenoxy) is 1. The van der Waals surface area contributed by atoms with Gasteiger partial charge in [0.25, 0.3) is 5.56 Å². The number of nitrogens with one attached hydrogen (secondary N) is 1. The molecule has 1 amide bonds.